The molecule has 1 aromatic heterocycles. The normalized spacial score (nSPS) is 19.3. The summed E-state index contributed by atoms with van der Waals surface area (Å²) in [5.41, 5.74) is -2.67. The van der Waals surface area contributed by atoms with E-state index in [4.69, 9.17) is 25.0 Å². The molecule has 26 heavy (non-hydrogen) atoms. The van der Waals surface area contributed by atoms with Crippen LogP contribution >= 0.6 is 15.9 Å². The lowest BCUT2D eigenvalue weighted by atomic mass is 9.98. The standard InChI is InChI=1S/C24H15BrO/c25-19-12-9-16(10-13-19)18-11-14-21-23(15-18)26-22-8-4-7-20(24(21)22)17-5-2-1-3-6-17/h1-15H/i1D,2D,3D,4D,5D,6D,7D,8D,9D,10D,11D,12D,13D,14D,15D. The maximum atomic E-state index is 8.86. The van der Waals surface area contributed by atoms with Gasteiger partial charge in [-0.1, -0.05) is 76.4 Å². The second kappa shape index (κ2) is 6.15. The van der Waals surface area contributed by atoms with Crippen molar-refractivity contribution in [3.8, 4) is 22.3 Å². The average Bonchev–Trinajstić information content (AvgIpc) is 3.35. The van der Waals surface area contributed by atoms with Gasteiger partial charge in [-0.05, 0) is 52.5 Å². The van der Waals surface area contributed by atoms with Gasteiger partial charge in [0.15, 0.2) is 0 Å². The quantitative estimate of drug-likeness (QED) is 0.289. The van der Waals surface area contributed by atoms with Gasteiger partial charge in [0.25, 0.3) is 0 Å². The molecule has 0 radical (unpaired) electrons. The van der Waals surface area contributed by atoms with Gasteiger partial charge in [-0.25, -0.2) is 0 Å². The first-order valence-electron chi connectivity index (χ1n) is 14.8. The Kier molecular flexibility index (Phi) is 1.51. The summed E-state index contributed by atoms with van der Waals surface area (Å²) in [6.07, 6.45) is 0. The lowest BCUT2D eigenvalue weighted by molar-refractivity contribution is 0.669. The van der Waals surface area contributed by atoms with E-state index in [2.05, 4.69) is 15.9 Å². The van der Waals surface area contributed by atoms with Gasteiger partial charge in [0.2, 0.25) is 0 Å². The molecule has 0 atom stereocenters. The van der Waals surface area contributed by atoms with Crippen molar-refractivity contribution in [3.63, 3.8) is 0 Å². The molecule has 0 bridgehead atoms. The molecule has 0 aliphatic rings. The van der Waals surface area contributed by atoms with Crippen LogP contribution in [0.5, 0.6) is 0 Å². The minimum absolute atomic E-state index is 0.140. The van der Waals surface area contributed by atoms with E-state index in [0.29, 0.717) is 0 Å². The fourth-order valence-corrected chi connectivity index (χ4v) is 2.76. The zero-order chi connectivity index (χ0) is 30.6. The van der Waals surface area contributed by atoms with Crippen molar-refractivity contribution in [2.75, 3.05) is 0 Å². The van der Waals surface area contributed by atoms with Crippen molar-refractivity contribution in [2.24, 2.45) is 0 Å². The van der Waals surface area contributed by atoms with E-state index < -0.39 is 124 Å². The van der Waals surface area contributed by atoms with E-state index in [1.807, 2.05) is 0 Å². The van der Waals surface area contributed by atoms with Crippen molar-refractivity contribution in [1.29, 1.82) is 0 Å². The van der Waals surface area contributed by atoms with E-state index in [-0.39, 0.29) is 15.2 Å². The Bertz CT molecular complexity index is 1960. The lowest BCUT2D eigenvalue weighted by Crippen LogP contribution is -1.79. The second-order valence-corrected chi connectivity index (χ2v) is 5.99. The molecule has 1 nitrogen and oxygen atoms in total. The average molecular weight is 414 g/mol. The van der Waals surface area contributed by atoms with Crippen molar-refractivity contribution in [1.82, 2.24) is 0 Å². The number of hydrogen-bond acceptors (Lipinski definition) is 1. The lowest BCUT2D eigenvalue weighted by Gasteiger charge is -2.04. The highest BCUT2D eigenvalue weighted by atomic mass is 79.9. The van der Waals surface area contributed by atoms with Crippen LogP contribution in [0.2, 0.25) is 0 Å². The summed E-state index contributed by atoms with van der Waals surface area (Å²) >= 11 is 2.99. The van der Waals surface area contributed by atoms with Crippen LogP contribution in [0.15, 0.2) is 99.5 Å². The third-order valence-corrected chi connectivity index (χ3v) is 4.06. The van der Waals surface area contributed by atoms with Gasteiger partial charge in [-0.15, -0.1) is 0 Å². The molecular weight excluding hydrogens is 384 g/mol. The fourth-order valence-electron chi connectivity index (χ4n) is 2.56. The molecule has 5 rings (SSSR count). The Morgan fingerprint density at radius 2 is 1.42 bits per heavy atom. The van der Waals surface area contributed by atoms with Gasteiger partial charge >= 0.3 is 0 Å². The molecule has 4 aromatic carbocycles. The number of furan rings is 1. The first-order chi connectivity index (χ1) is 19.1. The van der Waals surface area contributed by atoms with Crippen LogP contribution in [-0.4, -0.2) is 0 Å². The molecule has 0 aliphatic carbocycles. The molecule has 0 saturated carbocycles. The van der Waals surface area contributed by atoms with Gasteiger partial charge in [-0.2, -0.15) is 0 Å². The molecule has 0 fully saturated rings. The summed E-state index contributed by atoms with van der Waals surface area (Å²) in [7, 11) is 0. The molecule has 0 aliphatic heterocycles. The van der Waals surface area contributed by atoms with Crippen molar-refractivity contribution in [3.05, 3.63) is 95.1 Å². The molecule has 124 valence electrons. The van der Waals surface area contributed by atoms with Gasteiger partial charge in [0.05, 0.1) is 20.6 Å². The summed E-state index contributed by atoms with van der Waals surface area (Å²) < 4.78 is 131. The number of rotatable bonds is 2. The summed E-state index contributed by atoms with van der Waals surface area (Å²) in [6.45, 7) is 0. The smallest absolute Gasteiger partial charge is 0.136 e. The maximum absolute atomic E-state index is 8.86. The maximum Gasteiger partial charge on any atom is 0.136 e. The zero-order valence-electron chi connectivity index (χ0n) is 27.8. The number of fused-ring (bicyclic) bond motifs is 3. The molecule has 5 aromatic rings. The summed E-state index contributed by atoms with van der Waals surface area (Å²) in [5.74, 6) is 0. The van der Waals surface area contributed by atoms with E-state index in [1.165, 1.54) is 0 Å². The van der Waals surface area contributed by atoms with Crippen molar-refractivity contribution >= 4 is 37.9 Å². The van der Waals surface area contributed by atoms with Crippen LogP contribution < -0.4 is 0 Å². The highest BCUT2D eigenvalue weighted by molar-refractivity contribution is 9.10. The predicted octanol–water partition coefficient (Wildman–Crippen LogP) is 7.68. The monoisotopic (exact) mass is 413 g/mol. The summed E-state index contributed by atoms with van der Waals surface area (Å²) in [4.78, 5) is 0. The number of halogens is 1. The van der Waals surface area contributed by atoms with E-state index in [0.717, 1.165) is 0 Å². The Morgan fingerprint density at radius 3 is 2.23 bits per heavy atom. The fraction of sp³-hybridized carbons (Fsp3) is 0. The molecular formula is C24H15BrO. The van der Waals surface area contributed by atoms with Crippen molar-refractivity contribution < 1.29 is 25.0 Å². The Labute approximate surface area is 181 Å². The minimum atomic E-state index is -0.725. The number of benzene rings is 4. The van der Waals surface area contributed by atoms with E-state index in [1.54, 1.807) is 0 Å². The second-order valence-electron chi connectivity index (χ2n) is 5.20. The minimum Gasteiger partial charge on any atom is -0.456 e. The topological polar surface area (TPSA) is 13.1 Å². The first-order valence-corrected chi connectivity index (χ1v) is 8.14. The Hall–Kier alpha value is -2.84. The van der Waals surface area contributed by atoms with Crippen LogP contribution in [0.3, 0.4) is 0 Å². The van der Waals surface area contributed by atoms with Gasteiger partial charge in [0.1, 0.15) is 11.2 Å². The van der Waals surface area contributed by atoms with Crippen LogP contribution in [0, 0.1) is 0 Å². The Morgan fingerprint density at radius 1 is 0.654 bits per heavy atom. The van der Waals surface area contributed by atoms with Crippen LogP contribution in [0.1, 0.15) is 20.6 Å². The highest BCUT2D eigenvalue weighted by Gasteiger charge is 2.13. The molecule has 0 saturated heterocycles. The van der Waals surface area contributed by atoms with Crippen LogP contribution in [-0.2, 0) is 0 Å². The van der Waals surface area contributed by atoms with Crippen molar-refractivity contribution in [2.45, 2.75) is 0 Å². The third kappa shape index (κ3) is 2.54. The molecule has 2 heteroatoms. The predicted molar refractivity (Wildman–Crippen MR) is 112 cm³/mol. The zero-order valence-corrected chi connectivity index (χ0v) is 14.4. The molecule has 1 heterocycles. The molecule has 0 unspecified atom stereocenters. The number of hydrogen-bond donors (Lipinski definition) is 0. The first kappa shape index (κ1) is 6.40. The van der Waals surface area contributed by atoms with Gasteiger partial charge in [-0.3, -0.25) is 0 Å². The van der Waals surface area contributed by atoms with Gasteiger partial charge in [0, 0.05) is 15.2 Å². The van der Waals surface area contributed by atoms with E-state index >= 15 is 0 Å². The van der Waals surface area contributed by atoms with E-state index in [9.17, 15) is 0 Å². The van der Waals surface area contributed by atoms with Crippen LogP contribution in [0.25, 0.3) is 44.2 Å². The Balaban J connectivity index is 2.06. The largest absolute Gasteiger partial charge is 0.456 e. The van der Waals surface area contributed by atoms with Crippen LogP contribution in [0.4, 0.5) is 0 Å². The molecule has 0 amide bonds. The highest BCUT2D eigenvalue weighted by Crippen LogP contribution is 2.38. The van der Waals surface area contributed by atoms with Gasteiger partial charge < -0.3 is 4.42 Å². The molecule has 0 N–H and O–H groups in total. The third-order valence-electron chi connectivity index (χ3n) is 3.67. The summed E-state index contributed by atoms with van der Waals surface area (Å²) in [6, 6.07) is -9.75. The summed E-state index contributed by atoms with van der Waals surface area (Å²) in [5, 5.41) is -0.589. The SMILES string of the molecule is [2H]c1c([2H])c([2H])c(-c2c([2H])c([2H])c([2H])c3oc4c([2H])c(-c5c([2H])c([2H])c(Br)c([2H])c5[2H])c([2H])c([2H])c4c23)c([2H])c1[2H]. The molecule has 0 spiro atoms.